The number of carbonyl (C=O) groups excluding carboxylic acids is 2. The quantitative estimate of drug-likeness (QED) is 0.469. The number of nitrogens with one attached hydrogen (secondary N) is 2. The van der Waals surface area contributed by atoms with Crippen molar-refractivity contribution in [2.45, 2.75) is 25.0 Å². The number of amides is 2. The fraction of sp³-hybridized carbons (Fsp3) is 0.333. The van der Waals surface area contributed by atoms with E-state index in [4.69, 9.17) is 9.47 Å². The van der Waals surface area contributed by atoms with Gasteiger partial charge in [0.25, 0.3) is 0 Å². The van der Waals surface area contributed by atoms with Crippen LogP contribution < -0.4 is 10.6 Å². The minimum Gasteiger partial charge on any atom is -0.371 e. The van der Waals surface area contributed by atoms with Crippen LogP contribution in [0.15, 0.2) is 60.7 Å². The maximum absolute atomic E-state index is 11.8. The van der Waals surface area contributed by atoms with Gasteiger partial charge in [0.1, 0.15) is 0 Å². The van der Waals surface area contributed by atoms with E-state index in [2.05, 4.69) is 34.9 Å². The minimum absolute atomic E-state index is 0.120. The van der Waals surface area contributed by atoms with E-state index in [-0.39, 0.29) is 24.0 Å². The molecule has 2 unspecified atom stereocenters. The molecule has 0 spiro atoms. The normalized spacial score (nSPS) is 18.7. The molecule has 0 saturated carbocycles. The second-order valence-corrected chi connectivity index (χ2v) is 7.44. The van der Waals surface area contributed by atoms with Crippen molar-refractivity contribution in [2.24, 2.45) is 0 Å². The van der Waals surface area contributed by atoms with Crippen LogP contribution >= 0.6 is 0 Å². The molecule has 6 heteroatoms. The summed E-state index contributed by atoms with van der Waals surface area (Å²) in [6.45, 7) is 1.68. The van der Waals surface area contributed by atoms with Crippen molar-refractivity contribution >= 4 is 11.8 Å². The Morgan fingerprint density at radius 2 is 1.20 bits per heavy atom. The summed E-state index contributed by atoms with van der Waals surface area (Å²) in [4.78, 5) is 23.6. The topological polar surface area (TPSA) is 76.7 Å². The van der Waals surface area contributed by atoms with E-state index in [9.17, 15) is 9.59 Å². The Bertz CT molecular complexity index is 865. The molecule has 0 saturated heterocycles. The zero-order valence-corrected chi connectivity index (χ0v) is 16.8. The molecule has 156 valence electrons. The maximum atomic E-state index is 11.8. The van der Waals surface area contributed by atoms with Crippen molar-refractivity contribution in [1.82, 2.24) is 10.6 Å². The first-order chi connectivity index (χ1) is 14.7. The maximum Gasteiger partial charge on any atom is 0.244 e. The van der Waals surface area contributed by atoms with Crippen molar-refractivity contribution in [3.63, 3.8) is 0 Å². The first kappa shape index (κ1) is 20.3. The van der Waals surface area contributed by atoms with E-state index in [1.54, 1.807) is 0 Å². The number of rotatable bonds is 10. The fourth-order valence-electron chi connectivity index (χ4n) is 3.74. The molecule has 2 aliphatic carbocycles. The Morgan fingerprint density at radius 1 is 0.767 bits per heavy atom. The van der Waals surface area contributed by atoms with Crippen LogP contribution in [-0.2, 0) is 31.9 Å². The van der Waals surface area contributed by atoms with Crippen molar-refractivity contribution in [3.8, 4) is 0 Å². The summed E-state index contributed by atoms with van der Waals surface area (Å²) in [6, 6.07) is 16.4. The summed E-state index contributed by atoms with van der Waals surface area (Å²) in [5.41, 5.74) is 5.10. The molecule has 0 heterocycles. The zero-order chi connectivity index (χ0) is 20.8. The third kappa shape index (κ3) is 4.96. The molecule has 2 atom stereocenters. The van der Waals surface area contributed by atoms with Gasteiger partial charge in [-0.15, -0.1) is 0 Å². The summed E-state index contributed by atoms with van der Waals surface area (Å²) < 4.78 is 11.5. The summed E-state index contributed by atoms with van der Waals surface area (Å²) in [5, 5.41) is 5.43. The van der Waals surface area contributed by atoms with E-state index >= 15 is 0 Å². The van der Waals surface area contributed by atoms with Gasteiger partial charge in [0, 0.05) is 38.1 Å². The molecule has 0 bridgehead atoms. The van der Waals surface area contributed by atoms with E-state index in [0.717, 1.165) is 12.8 Å². The van der Waals surface area contributed by atoms with Crippen molar-refractivity contribution in [1.29, 1.82) is 0 Å². The van der Waals surface area contributed by atoms with Crippen LogP contribution in [0.4, 0.5) is 0 Å². The number of ether oxygens (including phenoxy) is 2. The summed E-state index contributed by atoms with van der Waals surface area (Å²) >= 11 is 0. The smallest absolute Gasteiger partial charge is 0.244 e. The Kier molecular flexibility index (Phi) is 6.57. The predicted molar refractivity (Wildman–Crippen MR) is 113 cm³/mol. The minimum atomic E-state index is -0.315. The Labute approximate surface area is 176 Å². The molecule has 2 aliphatic rings. The molecule has 0 radical (unpaired) electrons. The molecule has 6 nitrogen and oxygen atoms in total. The molecule has 0 fully saturated rings. The van der Waals surface area contributed by atoms with Crippen molar-refractivity contribution in [2.75, 3.05) is 26.3 Å². The van der Waals surface area contributed by atoms with Gasteiger partial charge in [0.2, 0.25) is 11.8 Å². The van der Waals surface area contributed by atoms with Gasteiger partial charge in [0.05, 0.1) is 25.4 Å². The van der Waals surface area contributed by atoms with E-state index in [0.29, 0.717) is 26.3 Å². The lowest BCUT2D eigenvalue weighted by molar-refractivity contribution is -0.119. The second-order valence-electron chi connectivity index (χ2n) is 7.44. The number of fused-ring (bicyclic) bond motifs is 2. The monoisotopic (exact) mass is 406 g/mol. The summed E-state index contributed by atoms with van der Waals surface area (Å²) in [6.07, 6.45) is 4.54. The summed E-state index contributed by atoms with van der Waals surface area (Å²) in [7, 11) is 0. The Hall–Kier alpha value is -2.96. The molecule has 2 aromatic carbocycles. The SMILES string of the molecule is O=C(C=CC(=O)NCCOC1Cc2ccccc21)NCCOC1Cc2ccccc21. The van der Waals surface area contributed by atoms with Gasteiger partial charge in [-0.1, -0.05) is 48.5 Å². The fourth-order valence-corrected chi connectivity index (χ4v) is 3.74. The third-order valence-corrected chi connectivity index (χ3v) is 5.44. The van der Waals surface area contributed by atoms with Gasteiger partial charge in [-0.25, -0.2) is 0 Å². The average Bonchev–Trinajstić information content (AvgIpc) is 2.72. The van der Waals surface area contributed by atoms with Gasteiger partial charge in [-0.3, -0.25) is 9.59 Å². The Balaban J connectivity index is 1.04. The highest BCUT2D eigenvalue weighted by molar-refractivity contribution is 5.96. The molecule has 2 aromatic rings. The van der Waals surface area contributed by atoms with Crippen molar-refractivity contribution in [3.05, 3.63) is 82.9 Å². The number of carbonyl (C=O) groups is 2. The molecular weight excluding hydrogens is 380 g/mol. The highest BCUT2D eigenvalue weighted by Crippen LogP contribution is 2.36. The zero-order valence-electron chi connectivity index (χ0n) is 16.8. The van der Waals surface area contributed by atoms with Gasteiger partial charge >= 0.3 is 0 Å². The highest BCUT2D eigenvalue weighted by Gasteiger charge is 2.26. The molecule has 2 amide bonds. The van der Waals surface area contributed by atoms with Gasteiger partial charge < -0.3 is 20.1 Å². The van der Waals surface area contributed by atoms with Gasteiger partial charge in [-0.05, 0) is 22.3 Å². The average molecular weight is 406 g/mol. The molecule has 0 aromatic heterocycles. The largest absolute Gasteiger partial charge is 0.371 e. The molecule has 4 rings (SSSR count). The first-order valence-electron chi connectivity index (χ1n) is 10.3. The van der Waals surface area contributed by atoms with Crippen LogP contribution in [0, 0.1) is 0 Å². The summed E-state index contributed by atoms with van der Waals surface area (Å²) in [5.74, 6) is -0.629. The predicted octanol–water partition coefficient (Wildman–Crippen LogP) is 2.40. The molecule has 0 aliphatic heterocycles. The van der Waals surface area contributed by atoms with Crippen molar-refractivity contribution < 1.29 is 19.1 Å². The molecular formula is C24H26N2O4. The van der Waals surface area contributed by atoms with Crippen LogP contribution in [0.1, 0.15) is 34.5 Å². The number of hydrogen-bond acceptors (Lipinski definition) is 4. The highest BCUT2D eigenvalue weighted by atomic mass is 16.5. The van der Waals surface area contributed by atoms with E-state index in [1.165, 1.54) is 34.4 Å². The van der Waals surface area contributed by atoms with Gasteiger partial charge in [0.15, 0.2) is 0 Å². The third-order valence-electron chi connectivity index (χ3n) is 5.44. The Morgan fingerprint density at radius 3 is 1.63 bits per heavy atom. The lowest BCUT2D eigenvalue weighted by atomic mass is 9.85. The first-order valence-corrected chi connectivity index (χ1v) is 10.3. The molecule has 30 heavy (non-hydrogen) atoms. The number of benzene rings is 2. The van der Waals surface area contributed by atoms with E-state index in [1.807, 2.05) is 24.3 Å². The van der Waals surface area contributed by atoms with Crippen LogP contribution in [0.25, 0.3) is 0 Å². The van der Waals surface area contributed by atoms with Crippen LogP contribution in [0.2, 0.25) is 0 Å². The van der Waals surface area contributed by atoms with Crippen LogP contribution in [-0.4, -0.2) is 38.1 Å². The second kappa shape index (κ2) is 9.69. The standard InChI is InChI=1S/C24H26N2O4/c27-23(25-11-13-29-21-15-17-5-1-3-7-19(17)21)9-10-24(28)26-12-14-30-22-16-18-6-2-4-8-20(18)22/h1-10,21-22H,11-16H2,(H,25,27)(H,26,28). The van der Waals surface area contributed by atoms with E-state index < -0.39 is 0 Å². The van der Waals surface area contributed by atoms with Crippen LogP contribution in [0.5, 0.6) is 0 Å². The number of hydrogen-bond donors (Lipinski definition) is 2. The lowest BCUT2D eigenvalue weighted by Gasteiger charge is -2.29. The lowest BCUT2D eigenvalue weighted by Crippen LogP contribution is -2.30. The molecule has 2 N–H and O–H groups in total. The van der Waals surface area contributed by atoms with Crippen LogP contribution in [0.3, 0.4) is 0 Å². The van der Waals surface area contributed by atoms with Gasteiger partial charge in [-0.2, -0.15) is 0 Å².